The van der Waals surface area contributed by atoms with Gasteiger partial charge in [-0.3, -0.25) is 0 Å². The first kappa shape index (κ1) is 41.3. The fraction of sp³-hybridized carbons (Fsp3) is 1.00. The maximum atomic E-state index is 11.0. The van der Waals surface area contributed by atoms with Gasteiger partial charge >= 0.3 is 62.6 Å². The third kappa shape index (κ3) is 10.7. The maximum Gasteiger partial charge on any atom is 0.506 e. The SMILES string of the molecule is O=S(=O)(C(F)(F)F)C(F)(F)F.O=S(=O)(C(F)(F)F)C(F)(F)F.O=S(=O)(C(F)(F)F)C(F)(F)F.[Eu]. The Hall–Kier alpha value is 0.174. The fourth-order valence-electron chi connectivity index (χ4n) is 0.394. The first-order chi connectivity index (χ1) is 13.5. The second-order valence-electron chi connectivity index (χ2n) is 4.18. The Labute approximate surface area is 214 Å². The summed E-state index contributed by atoms with van der Waals surface area (Å²) >= 11 is 0. The van der Waals surface area contributed by atoms with E-state index in [0.29, 0.717) is 0 Å². The van der Waals surface area contributed by atoms with Crippen molar-refractivity contribution in [1.29, 1.82) is 0 Å². The fourth-order valence-corrected chi connectivity index (χ4v) is 1.18. The van der Waals surface area contributed by atoms with E-state index in [9.17, 15) is 104 Å². The Balaban J connectivity index is -0.000000196. The summed E-state index contributed by atoms with van der Waals surface area (Å²) in [6.45, 7) is 0. The van der Waals surface area contributed by atoms with Gasteiger partial charge in [-0.05, 0) is 0 Å². The van der Waals surface area contributed by atoms with E-state index in [1.165, 1.54) is 0 Å². The van der Waals surface area contributed by atoms with E-state index in [4.69, 9.17) is 0 Å². The van der Waals surface area contributed by atoms with Crippen molar-refractivity contribution in [1.82, 2.24) is 0 Å². The van der Waals surface area contributed by atoms with Crippen LogP contribution in [0.2, 0.25) is 0 Å². The summed E-state index contributed by atoms with van der Waals surface area (Å²) in [5.74, 6) is 0. The molecule has 0 aromatic rings. The van der Waals surface area contributed by atoms with Crippen molar-refractivity contribution >= 4 is 29.5 Å². The minimum absolute atomic E-state index is 0. The molecule has 0 aromatic carbocycles. The Morgan fingerprint density at radius 3 is 0.324 bits per heavy atom. The van der Waals surface area contributed by atoms with Gasteiger partial charge in [-0.1, -0.05) is 0 Å². The zero-order valence-electron chi connectivity index (χ0n) is 13.9. The van der Waals surface area contributed by atoms with Crippen LogP contribution >= 0.6 is 0 Å². The molecule has 0 atom stereocenters. The van der Waals surface area contributed by atoms with Crippen LogP contribution in [0.25, 0.3) is 0 Å². The van der Waals surface area contributed by atoms with Crippen molar-refractivity contribution in [2.45, 2.75) is 33.0 Å². The van der Waals surface area contributed by atoms with Crippen molar-refractivity contribution in [3.8, 4) is 0 Å². The summed E-state index contributed by atoms with van der Waals surface area (Å²) in [6, 6.07) is 0. The number of sulfone groups is 3. The number of halogens is 18. The largest absolute Gasteiger partial charge is 0.506 e. The molecule has 0 saturated carbocycles. The van der Waals surface area contributed by atoms with E-state index < -0.39 is 62.6 Å². The van der Waals surface area contributed by atoms with Crippen LogP contribution in [0.15, 0.2) is 0 Å². The summed E-state index contributed by atoms with van der Waals surface area (Å²) < 4.78 is 255. The van der Waals surface area contributed by atoms with Gasteiger partial charge in [0.05, 0.1) is 0 Å². The molecule has 0 aliphatic heterocycles. The standard InChI is InChI=1S/3C2F6O2S.Eu/c3*3-1(4,5)11(9,10)2(6,7)8;. The Morgan fingerprint density at radius 1 is 0.265 bits per heavy atom. The predicted octanol–water partition coefficient (Wildman–Crippen LogP) is 4.32. The van der Waals surface area contributed by atoms with Gasteiger partial charge in [0.25, 0.3) is 0 Å². The molecule has 6 nitrogen and oxygen atoms in total. The van der Waals surface area contributed by atoms with Gasteiger partial charge in [0.15, 0.2) is 0 Å². The minimum atomic E-state index is -7.01. The zero-order chi connectivity index (χ0) is 28.5. The summed E-state index contributed by atoms with van der Waals surface area (Å²) in [7, 11) is -21.0. The van der Waals surface area contributed by atoms with Gasteiger partial charge < -0.3 is 0 Å². The average molecular weight is 758 g/mol. The van der Waals surface area contributed by atoms with Crippen LogP contribution < -0.4 is 0 Å². The second-order valence-corrected chi connectivity index (χ2v) is 9.98. The van der Waals surface area contributed by atoms with Crippen LogP contribution in [0.1, 0.15) is 0 Å². The quantitative estimate of drug-likeness (QED) is 0.342. The minimum Gasteiger partial charge on any atom is -0.210 e. The van der Waals surface area contributed by atoms with E-state index in [1.54, 1.807) is 0 Å². The Bertz CT molecular complexity index is 766. The van der Waals surface area contributed by atoms with Crippen LogP contribution in [-0.2, 0) is 29.5 Å². The molecule has 34 heavy (non-hydrogen) atoms. The second kappa shape index (κ2) is 11.7. The van der Waals surface area contributed by atoms with Gasteiger partial charge in [-0.15, -0.1) is 0 Å². The number of hydrogen-bond donors (Lipinski definition) is 0. The monoisotopic (exact) mass is 759 g/mol. The zero-order valence-corrected chi connectivity index (χ0v) is 18.7. The molecule has 211 valence electrons. The first-order valence-corrected chi connectivity index (χ1v) is 10.1. The third-order valence-corrected chi connectivity index (χ3v) is 5.48. The van der Waals surface area contributed by atoms with E-state index in [-0.39, 0.29) is 49.4 Å². The van der Waals surface area contributed by atoms with Crippen LogP contribution in [0.4, 0.5) is 79.0 Å². The summed E-state index contributed by atoms with van der Waals surface area (Å²) in [5.41, 5.74) is -37.6. The van der Waals surface area contributed by atoms with E-state index in [1.807, 2.05) is 0 Å². The van der Waals surface area contributed by atoms with Crippen molar-refractivity contribution in [2.24, 2.45) is 0 Å². The Morgan fingerprint density at radius 2 is 0.324 bits per heavy atom. The number of hydrogen-bond acceptors (Lipinski definition) is 6. The normalized spacial score (nSPS) is 14.6. The summed E-state index contributed by atoms with van der Waals surface area (Å²) in [5, 5.41) is 0. The molecule has 0 heterocycles. The molecule has 0 aliphatic rings. The molecule has 1 radical (unpaired) electrons. The molecule has 28 heteroatoms. The molecular weight excluding hydrogens is 758 g/mol. The molecule has 0 unspecified atom stereocenters. The van der Waals surface area contributed by atoms with Crippen LogP contribution in [0.3, 0.4) is 0 Å². The molecule has 0 bridgehead atoms. The van der Waals surface area contributed by atoms with Gasteiger partial charge in [0.1, 0.15) is 0 Å². The summed E-state index contributed by atoms with van der Waals surface area (Å²) in [6.07, 6.45) is 0. The Kier molecular flexibility index (Phi) is 14.2. The molecular formula is C6EuF18O6S3. The molecule has 0 spiro atoms. The molecule has 0 N–H and O–H groups in total. The molecule has 0 fully saturated rings. The van der Waals surface area contributed by atoms with Crippen LogP contribution in [0, 0.1) is 49.4 Å². The molecule has 0 saturated heterocycles. The van der Waals surface area contributed by atoms with Gasteiger partial charge in [0, 0.05) is 49.4 Å². The van der Waals surface area contributed by atoms with Gasteiger partial charge in [0.2, 0.25) is 0 Å². The third-order valence-electron chi connectivity index (χ3n) is 1.83. The molecule has 0 aromatic heterocycles. The van der Waals surface area contributed by atoms with Gasteiger partial charge in [-0.2, -0.15) is 79.0 Å². The van der Waals surface area contributed by atoms with Crippen LogP contribution in [-0.4, -0.2) is 58.3 Å². The van der Waals surface area contributed by atoms with Crippen molar-refractivity contribution in [2.75, 3.05) is 0 Å². The molecule has 0 rings (SSSR count). The topological polar surface area (TPSA) is 102 Å². The van der Waals surface area contributed by atoms with Crippen molar-refractivity contribution < 1.29 is 154 Å². The smallest absolute Gasteiger partial charge is 0.210 e. The van der Waals surface area contributed by atoms with E-state index >= 15 is 0 Å². The van der Waals surface area contributed by atoms with Crippen LogP contribution in [0.5, 0.6) is 0 Å². The van der Waals surface area contributed by atoms with Crippen molar-refractivity contribution in [3.05, 3.63) is 0 Å². The first-order valence-electron chi connectivity index (χ1n) is 5.63. The number of rotatable bonds is 0. The average Bonchev–Trinajstić information content (AvgIpc) is 2.41. The van der Waals surface area contributed by atoms with Gasteiger partial charge in [-0.25, -0.2) is 25.3 Å². The molecule has 0 amide bonds. The predicted molar refractivity (Wildman–Crippen MR) is 63.1 cm³/mol. The maximum absolute atomic E-state index is 11.0. The van der Waals surface area contributed by atoms with E-state index in [0.717, 1.165) is 0 Å². The van der Waals surface area contributed by atoms with Crippen molar-refractivity contribution in [3.63, 3.8) is 0 Å². The van der Waals surface area contributed by atoms with E-state index in [2.05, 4.69) is 0 Å². The molecule has 0 aliphatic carbocycles. The number of alkyl halides is 18. The summed E-state index contributed by atoms with van der Waals surface area (Å²) in [4.78, 5) is 0.